The van der Waals surface area contributed by atoms with Gasteiger partial charge in [-0.25, -0.2) is 4.79 Å². The van der Waals surface area contributed by atoms with E-state index in [4.69, 9.17) is 4.74 Å². The number of hydrogen-bond acceptors (Lipinski definition) is 6. The molecule has 0 saturated carbocycles. The van der Waals surface area contributed by atoms with E-state index in [0.29, 0.717) is 22.6 Å². The first kappa shape index (κ1) is 18.6. The quantitative estimate of drug-likeness (QED) is 0.214. The summed E-state index contributed by atoms with van der Waals surface area (Å²) in [5, 5.41) is 11.3. The molecular weight excluding hydrogens is 392 g/mol. The van der Waals surface area contributed by atoms with Crippen molar-refractivity contribution in [3.8, 4) is 11.3 Å². The normalized spacial score (nSPS) is 10.8. The van der Waals surface area contributed by atoms with Gasteiger partial charge in [-0.15, -0.1) is 0 Å². The third-order valence-corrected chi connectivity index (χ3v) is 5.37. The number of Topliss-reactive ketones (excluding diaryl/α,β-unsaturated/α-hetero) is 1. The predicted octanol–water partition coefficient (Wildman–Crippen LogP) is 4.84. The van der Waals surface area contributed by atoms with E-state index in [-0.39, 0.29) is 15.7 Å². The minimum Gasteiger partial charge on any atom is -0.453 e. The molecule has 0 radical (unpaired) electrons. The number of nitrogens with one attached hydrogen (secondary N) is 1. The van der Waals surface area contributed by atoms with Crippen LogP contribution in [-0.2, 0) is 4.74 Å². The maximum absolute atomic E-state index is 13.0. The Labute approximate surface area is 168 Å². The second-order valence-corrected chi connectivity index (χ2v) is 7.24. The van der Waals surface area contributed by atoms with Crippen molar-refractivity contribution in [3.63, 3.8) is 0 Å². The Kier molecular flexibility index (Phi) is 4.92. The number of carbonyl (C=O) groups is 2. The number of nitro groups is 1. The van der Waals surface area contributed by atoms with Gasteiger partial charge in [-0.2, -0.15) is 0 Å². The molecule has 0 spiro atoms. The van der Waals surface area contributed by atoms with Crippen molar-refractivity contribution in [1.82, 2.24) is 4.98 Å². The number of H-pyrrole nitrogens is 1. The highest BCUT2D eigenvalue weighted by atomic mass is 32.1. The largest absolute Gasteiger partial charge is 0.453 e. The lowest BCUT2D eigenvalue weighted by Gasteiger charge is -2.06. The molecule has 8 heteroatoms. The predicted molar refractivity (Wildman–Crippen MR) is 109 cm³/mol. The van der Waals surface area contributed by atoms with Gasteiger partial charge in [-0.3, -0.25) is 14.9 Å². The Morgan fingerprint density at radius 1 is 1.00 bits per heavy atom. The molecule has 0 unspecified atom stereocenters. The summed E-state index contributed by atoms with van der Waals surface area (Å²) < 4.78 is 5.13. The average Bonchev–Trinajstić information content (AvgIpc) is 3.38. The molecule has 1 N–H and O–H groups in total. The van der Waals surface area contributed by atoms with E-state index < -0.39 is 17.5 Å². The number of rotatable bonds is 6. The van der Waals surface area contributed by atoms with Crippen molar-refractivity contribution in [2.45, 2.75) is 0 Å². The molecule has 2 aromatic heterocycles. The molecule has 2 heterocycles. The van der Waals surface area contributed by atoms with Gasteiger partial charge in [-0.1, -0.05) is 59.9 Å². The molecule has 0 aliphatic heterocycles. The molecule has 0 aliphatic rings. The first-order valence-electron chi connectivity index (χ1n) is 8.65. The minimum atomic E-state index is -0.766. The standard InChI is InChI=1S/C21H14N2O5S/c24-16(12-28-21(25)17-10-11-18(29-17)23(26)27)19-14-8-4-5-9-15(14)22-20(19)13-6-2-1-3-7-13/h1-11,22H,12H2. The molecular formula is C21H14N2O5S. The Morgan fingerprint density at radius 3 is 2.45 bits per heavy atom. The van der Waals surface area contributed by atoms with Gasteiger partial charge in [0.2, 0.25) is 5.78 Å². The topological polar surface area (TPSA) is 102 Å². The molecule has 0 bridgehead atoms. The summed E-state index contributed by atoms with van der Waals surface area (Å²) in [6, 6.07) is 19.4. The van der Waals surface area contributed by atoms with Crippen LogP contribution in [0, 0.1) is 10.1 Å². The number of hydrogen-bond donors (Lipinski definition) is 1. The number of ether oxygens (including phenoxy) is 1. The van der Waals surface area contributed by atoms with Crippen LogP contribution in [0.2, 0.25) is 0 Å². The van der Waals surface area contributed by atoms with Crippen molar-refractivity contribution in [2.24, 2.45) is 0 Å². The third kappa shape index (κ3) is 3.65. The number of aromatic nitrogens is 1. The van der Waals surface area contributed by atoms with Crippen LogP contribution in [0.1, 0.15) is 20.0 Å². The van der Waals surface area contributed by atoms with E-state index in [0.717, 1.165) is 16.5 Å². The minimum absolute atomic E-state index is 0.0757. The van der Waals surface area contributed by atoms with Crippen LogP contribution < -0.4 is 0 Å². The molecule has 0 aliphatic carbocycles. The van der Waals surface area contributed by atoms with Crippen molar-refractivity contribution < 1.29 is 19.2 Å². The van der Waals surface area contributed by atoms with Gasteiger partial charge in [0.05, 0.1) is 16.2 Å². The average molecular weight is 406 g/mol. The number of thiophene rings is 1. The second-order valence-electron chi connectivity index (χ2n) is 6.18. The van der Waals surface area contributed by atoms with Gasteiger partial charge in [0.15, 0.2) is 6.61 Å². The Bertz CT molecular complexity index is 1230. The van der Waals surface area contributed by atoms with Gasteiger partial charge in [-0.05, 0) is 17.7 Å². The molecule has 2 aromatic carbocycles. The first-order valence-corrected chi connectivity index (χ1v) is 9.47. The highest BCUT2D eigenvalue weighted by Gasteiger charge is 2.22. The lowest BCUT2D eigenvalue weighted by atomic mass is 10.0. The molecule has 29 heavy (non-hydrogen) atoms. The highest BCUT2D eigenvalue weighted by Crippen LogP contribution is 2.31. The molecule has 7 nitrogen and oxygen atoms in total. The van der Waals surface area contributed by atoms with Crippen molar-refractivity contribution >= 4 is 39.0 Å². The van der Waals surface area contributed by atoms with Crippen LogP contribution >= 0.6 is 11.3 Å². The van der Waals surface area contributed by atoms with Crippen LogP contribution in [0.25, 0.3) is 22.2 Å². The lowest BCUT2D eigenvalue weighted by Crippen LogP contribution is -2.14. The second kappa shape index (κ2) is 7.69. The zero-order chi connectivity index (χ0) is 20.4. The maximum atomic E-state index is 13.0. The van der Waals surface area contributed by atoms with Crippen LogP contribution in [0.3, 0.4) is 0 Å². The molecule has 144 valence electrons. The molecule has 0 amide bonds. The van der Waals surface area contributed by atoms with Gasteiger partial charge < -0.3 is 9.72 Å². The molecule has 4 rings (SSSR count). The molecule has 0 saturated heterocycles. The SMILES string of the molecule is O=C(OCC(=O)c1c(-c2ccccc2)[nH]c2ccccc12)c1ccc([N+](=O)[O-])s1. The summed E-state index contributed by atoms with van der Waals surface area (Å²) >= 11 is 0.710. The van der Waals surface area contributed by atoms with Gasteiger partial charge in [0.1, 0.15) is 4.88 Å². The van der Waals surface area contributed by atoms with E-state index in [1.54, 1.807) is 0 Å². The number of carbonyl (C=O) groups excluding carboxylic acids is 2. The molecule has 0 fully saturated rings. The summed E-state index contributed by atoms with van der Waals surface area (Å²) in [5.74, 6) is -1.13. The van der Waals surface area contributed by atoms with Crippen LogP contribution in [0.5, 0.6) is 0 Å². The molecule has 4 aromatic rings. The number of aromatic amines is 1. The van der Waals surface area contributed by atoms with Gasteiger partial charge in [0.25, 0.3) is 0 Å². The van der Waals surface area contributed by atoms with E-state index >= 15 is 0 Å². The maximum Gasteiger partial charge on any atom is 0.349 e. The number of esters is 1. The van der Waals surface area contributed by atoms with Crippen molar-refractivity contribution in [1.29, 1.82) is 0 Å². The van der Waals surface area contributed by atoms with Gasteiger partial charge in [0, 0.05) is 17.0 Å². The van der Waals surface area contributed by atoms with E-state index in [1.807, 2.05) is 54.6 Å². The summed E-state index contributed by atoms with van der Waals surface area (Å²) in [6.45, 7) is -0.466. The molecule has 0 atom stereocenters. The number of para-hydroxylation sites is 1. The first-order chi connectivity index (χ1) is 14.0. The fourth-order valence-corrected chi connectivity index (χ4v) is 3.78. The van der Waals surface area contributed by atoms with Crippen molar-refractivity contribution in [2.75, 3.05) is 6.61 Å². The monoisotopic (exact) mass is 406 g/mol. The number of benzene rings is 2. The number of nitrogens with zero attached hydrogens (tertiary/aromatic N) is 1. The summed E-state index contributed by atoms with van der Waals surface area (Å²) in [5.41, 5.74) is 2.73. The Hall–Kier alpha value is -3.78. The highest BCUT2D eigenvalue weighted by molar-refractivity contribution is 7.17. The number of ketones is 1. The zero-order valence-electron chi connectivity index (χ0n) is 15.0. The van der Waals surface area contributed by atoms with E-state index in [1.165, 1.54) is 12.1 Å². The lowest BCUT2D eigenvalue weighted by molar-refractivity contribution is -0.380. The zero-order valence-corrected chi connectivity index (χ0v) is 15.8. The van der Waals surface area contributed by atoms with Crippen LogP contribution in [0.15, 0.2) is 66.7 Å². The fourth-order valence-electron chi connectivity index (χ4n) is 3.06. The third-order valence-electron chi connectivity index (χ3n) is 4.35. The summed E-state index contributed by atoms with van der Waals surface area (Å²) in [6.07, 6.45) is 0. The summed E-state index contributed by atoms with van der Waals surface area (Å²) in [7, 11) is 0. The summed E-state index contributed by atoms with van der Waals surface area (Å²) in [4.78, 5) is 38.7. The Morgan fingerprint density at radius 2 is 1.72 bits per heavy atom. The smallest absolute Gasteiger partial charge is 0.349 e. The fraction of sp³-hybridized carbons (Fsp3) is 0.0476. The van der Waals surface area contributed by atoms with Crippen molar-refractivity contribution in [3.05, 3.63) is 87.3 Å². The van der Waals surface area contributed by atoms with E-state index in [9.17, 15) is 19.7 Å². The number of fused-ring (bicyclic) bond motifs is 1. The van der Waals surface area contributed by atoms with Crippen LogP contribution in [0.4, 0.5) is 5.00 Å². The van der Waals surface area contributed by atoms with Gasteiger partial charge >= 0.3 is 11.0 Å². The van der Waals surface area contributed by atoms with E-state index in [2.05, 4.69) is 4.98 Å². The van der Waals surface area contributed by atoms with Crippen LogP contribution in [-0.4, -0.2) is 28.3 Å². The Balaban J connectivity index is 1.61.